The Labute approximate surface area is 82.3 Å². The quantitative estimate of drug-likeness (QED) is 0.588. The van der Waals surface area contributed by atoms with Crippen LogP contribution in [0.15, 0.2) is 18.2 Å². The van der Waals surface area contributed by atoms with E-state index in [1.54, 1.807) is 6.07 Å². The van der Waals surface area contributed by atoms with Gasteiger partial charge in [-0.25, -0.2) is 0 Å². The van der Waals surface area contributed by atoms with Gasteiger partial charge in [0.1, 0.15) is 6.10 Å². The molecule has 4 heteroatoms. The van der Waals surface area contributed by atoms with Gasteiger partial charge in [0.25, 0.3) is 0 Å². The summed E-state index contributed by atoms with van der Waals surface area (Å²) in [6.45, 7) is 3.28. The molecule has 1 atom stereocenters. The Morgan fingerprint density at radius 2 is 2.14 bits per heavy atom. The average molecular weight is 195 g/mol. The van der Waals surface area contributed by atoms with Crippen LogP contribution in [0.25, 0.3) is 0 Å². The number of benzene rings is 1. The molecule has 1 N–H and O–H groups in total. The van der Waals surface area contributed by atoms with Crippen LogP contribution < -0.4 is 0 Å². The Kier molecular flexibility index (Phi) is 3.19. The van der Waals surface area contributed by atoms with Crippen LogP contribution >= 0.6 is 0 Å². The van der Waals surface area contributed by atoms with E-state index in [1.807, 2.05) is 26.0 Å². The number of aryl methyl sites for hydroxylation is 2. The summed E-state index contributed by atoms with van der Waals surface area (Å²) in [7, 11) is 0. The molecule has 0 fully saturated rings. The second-order valence-corrected chi connectivity index (χ2v) is 3.39. The molecule has 0 aliphatic rings. The van der Waals surface area contributed by atoms with E-state index < -0.39 is 17.6 Å². The molecule has 0 aliphatic carbocycles. The van der Waals surface area contributed by atoms with Crippen molar-refractivity contribution in [3.05, 3.63) is 45.0 Å². The SMILES string of the molecule is Cc1ccc(C)c(C(O)C[N+](=O)[O-])c1. The van der Waals surface area contributed by atoms with Gasteiger partial charge in [0.15, 0.2) is 0 Å². The molecular formula is C10H13NO3. The molecule has 0 aromatic heterocycles. The van der Waals surface area contributed by atoms with Gasteiger partial charge in [-0.1, -0.05) is 23.8 Å². The van der Waals surface area contributed by atoms with Gasteiger partial charge in [0, 0.05) is 4.92 Å². The van der Waals surface area contributed by atoms with E-state index in [-0.39, 0.29) is 0 Å². The van der Waals surface area contributed by atoms with Gasteiger partial charge in [-0.05, 0) is 25.0 Å². The zero-order valence-electron chi connectivity index (χ0n) is 8.23. The summed E-state index contributed by atoms with van der Waals surface area (Å²) >= 11 is 0. The van der Waals surface area contributed by atoms with Gasteiger partial charge < -0.3 is 5.11 Å². The lowest BCUT2D eigenvalue weighted by Crippen LogP contribution is -2.13. The molecule has 76 valence electrons. The molecule has 0 amide bonds. The van der Waals surface area contributed by atoms with Crippen LogP contribution in [-0.2, 0) is 0 Å². The first-order valence-corrected chi connectivity index (χ1v) is 4.37. The number of hydrogen-bond acceptors (Lipinski definition) is 3. The molecule has 1 aromatic carbocycles. The van der Waals surface area contributed by atoms with Gasteiger partial charge in [-0.2, -0.15) is 0 Å². The van der Waals surface area contributed by atoms with E-state index in [9.17, 15) is 15.2 Å². The van der Waals surface area contributed by atoms with Crippen LogP contribution in [0.2, 0.25) is 0 Å². The molecular weight excluding hydrogens is 182 g/mol. The molecule has 0 heterocycles. The summed E-state index contributed by atoms with van der Waals surface area (Å²) in [4.78, 5) is 9.72. The minimum atomic E-state index is -1.01. The van der Waals surface area contributed by atoms with Crippen LogP contribution in [0.1, 0.15) is 22.8 Å². The van der Waals surface area contributed by atoms with Gasteiger partial charge in [0.05, 0.1) is 0 Å². The van der Waals surface area contributed by atoms with Crippen LogP contribution in [0.4, 0.5) is 0 Å². The molecule has 0 bridgehead atoms. The highest BCUT2D eigenvalue weighted by atomic mass is 16.6. The first-order valence-electron chi connectivity index (χ1n) is 4.37. The Balaban J connectivity index is 2.93. The number of nitrogens with zero attached hydrogens (tertiary/aromatic N) is 1. The predicted octanol–water partition coefficient (Wildman–Crippen LogP) is 1.61. The van der Waals surface area contributed by atoms with Crippen molar-refractivity contribution < 1.29 is 10.0 Å². The van der Waals surface area contributed by atoms with Crippen molar-refractivity contribution in [3.8, 4) is 0 Å². The molecule has 4 nitrogen and oxygen atoms in total. The summed E-state index contributed by atoms with van der Waals surface area (Å²) in [5.74, 6) is 0. The summed E-state index contributed by atoms with van der Waals surface area (Å²) in [6.07, 6.45) is -1.01. The standard InChI is InChI=1S/C10H13NO3/c1-7-3-4-8(2)9(5-7)10(12)6-11(13)14/h3-5,10,12H,6H2,1-2H3. The summed E-state index contributed by atoms with van der Waals surface area (Å²) in [5.41, 5.74) is 2.51. The van der Waals surface area contributed by atoms with E-state index in [4.69, 9.17) is 0 Å². The number of aliphatic hydroxyl groups excluding tert-OH is 1. The molecule has 0 spiro atoms. The summed E-state index contributed by atoms with van der Waals surface area (Å²) < 4.78 is 0. The van der Waals surface area contributed by atoms with Crippen molar-refractivity contribution in [2.75, 3.05) is 6.54 Å². The van der Waals surface area contributed by atoms with Crippen molar-refractivity contribution in [1.29, 1.82) is 0 Å². The minimum absolute atomic E-state index is 0.440. The Morgan fingerprint density at radius 3 is 2.71 bits per heavy atom. The number of nitro groups is 1. The van der Waals surface area contributed by atoms with Crippen LogP contribution in [0, 0.1) is 24.0 Å². The van der Waals surface area contributed by atoms with Crippen molar-refractivity contribution in [2.24, 2.45) is 0 Å². The number of aliphatic hydroxyl groups is 1. The molecule has 1 unspecified atom stereocenters. The maximum atomic E-state index is 10.2. The first-order chi connectivity index (χ1) is 6.50. The highest BCUT2D eigenvalue weighted by Crippen LogP contribution is 2.19. The van der Waals surface area contributed by atoms with E-state index >= 15 is 0 Å². The minimum Gasteiger partial charge on any atom is -0.382 e. The molecule has 0 aliphatic heterocycles. The highest BCUT2D eigenvalue weighted by Gasteiger charge is 2.15. The molecule has 1 rings (SSSR count). The third-order valence-electron chi connectivity index (χ3n) is 2.12. The average Bonchev–Trinajstić information content (AvgIpc) is 2.08. The molecule has 14 heavy (non-hydrogen) atoms. The molecule has 1 aromatic rings. The Hall–Kier alpha value is -1.42. The van der Waals surface area contributed by atoms with Crippen molar-refractivity contribution >= 4 is 0 Å². The maximum Gasteiger partial charge on any atom is 0.233 e. The van der Waals surface area contributed by atoms with Crippen LogP contribution in [0.5, 0.6) is 0 Å². The van der Waals surface area contributed by atoms with E-state index in [2.05, 4.69) is 0 Å². The molecule has 0 saturated carbocycles. The second-order valence-electron chi connectivity index (χ2n) is 3.39. The van der Waals surface area contributed by atoms with Gasteiger partial charge >= 0.3 is 0 Å². The van der Waals surface area contributed by atoms with Gasteiger partial charge in [0.2, 0.25) is 6.54 Å². The van der Waals surface area contributed by atoms with Gasteiger partial charge in [-0.15, -0.1) is 0 Å². The fourth-order valence-electron chi connectivity index (χ4n) is 1.36. The molecule has 0 saturated heterocycles. The first kappa shape index (κ1) is 10.7. The lowest BCUT2D eigenvalue weighted by atomic mass is 10.0. The maximum absolute atomic E-state index is 10.2. The van der Waals surface area contributed by atoms with Crippen molar-refractivity contribution in [1.82, 2.24) is 0 Å². The van der Waals surface area contributed by atoms with E-state index in [1.165, 1.54) is 0 Å². The smallest absolute Gasteiger partial charge is 0.233 e. The topological polar surface area (TPSA) is 63.4 Å². The van der Waals surface area contributed by atoms with Crippen molar-refractivity contribution in [3.63, 3.8) is 0 Å². The van der Waals surface area contributed by atoms with Gasteiger partial charge in [-0.3, -0.25) is 10.1 Å². The zero-order chi connectivity index (χ0) is 10.7. The van der Waals surface area contributed by atoms with Crippen LogP contribution in [0.3, 0.4) is 0 Å². The second kappa shape index (κ2) is 4.19. The Morgan fingerprint density at radius 1 is 1.50 bits per heavy atom. The van der Waals surface area contributed by atoms with Crippen LogP contribution in [-0.4, -0.2) is 16.6 Å². The third-order valence-corrected chi connectivity index (χ3v) is 2.12. The van der Waals surface area contributed by atoms with E-state index in [0.29, 0.717) is 5.56 Å². The highest BCUT2D eigenvalue weighted by molar-refractivity contribution is 5.32. The monoisotopic (exact) mass is 195 g/mol. The lowest BCUT2D eigenvalue weighted by Gasteiger charge is -2.10. The largest absolute Gasteiger partial charge is 0.382 e. The normalized spacial score (nSPS) is 12.5. The zero-order valence-corrected chi connectivity index (χ0v) is 8.23. The Bertz CT molecular complexity index is 349. The third kappa shape index (κ3) is 2.53. The fraction of sp³-hybridized carbons (Fsp3) is 0.400. The molecule has 0 radical (unpaired) electrons. The number of hydrogen-bond donors (Lipinski definition) is 1. The predicted molar refractivity (Wildman–Crippen MR) is 52.7 cm³/mol. The van der Waals surface area contributed by atoms with E-state index in [0.717, 1.165) is 11.1 Å². The fourth-order valence-corrected chi connectivity index (χ4v) is 1.36. The lowest BCUT2D eigenvalue weighted by molar-refractivity contribution is -0.491. The number of rotatable bonds is 3. The van der Waals surface area contributed by atoms with Crippen molar-refractivity contribution in [2.45, 2.75) is 20.0 Å². The summed E-state index contributed by atoms with van der Waals surface area (Å²) in [6, 6.07) is 5.55. The summed E-state index contributed by atoms with van der Waals surface area (Å²) in [5, 5.41) is 19.8.